The van der Waals surface area contributed by atoms with Crippen LogP contribution in [0.3, 0.4) is 0 Å². The van der Waals surface area contributed by atoms with Crippen molar-refractivity contribution in [2.45, 2.75) is 56.7 Å². The Balaban J connectivity index is 1.88. The molecule has 1 atom stereocenters. The van der Waals surface area contributed by atoms with Gasteiger partial charge in [0.2, 0.25) is 0 Å². The number of benzene rings is 2. The van der Waals surface area contributed by atoms with Gasteiger partial charge in [-0.05, 0) is 29.2 Å². The molecule has 0 radical (unpaired) electrons. The molecule has 2 aromatic carbocycles. The molecular weight excluding hydrogens is 308 g/mol. The topological polar surface area (TPSA) is 0 Å². The highest BCUT2D eigenvalue weighted by atomic mass is 79.9. The Bertz CT molecular complexity index is 513. The highest BCUT2D eigenvalue weighted by Gasteiger charge is 2.08. The third-order valence-electron chi connectivity index (χ3n) is 3.94. The monoisotopic (exact) mass is 332 g/mol. The Labute approximate surface area is 131 Å². The number of fused-ring (bicyclic) bond motifs is 1. The van der Waals surface area contributed by atoms with Gasteiger partial charge in [0.15, 0.2) is 0 Å². The minimum absolute atomic E-state index is 0.606. The van der Waals surface area contributed by atoms with Crippen LogP contribution in [-0.4, -0.2) is 4.83 Å². The van der Waals surface area contributed by atoms with Gasteiger partial charge in [-0.15, -0.1) is 0 Å². The summed E-state index contributed by atoms with van der Waals surface area (Å²) in [5.41, 5.74) is 1.47. The number of unbranched alkanes of at least 4 members (excludes halogenated alkanes) is 4. The van der Waals surface area contributed by atoms with Crippen molar-refractivity contribution in [3.8, 4) is 0 Å². The Hall–Kier alpha value is -0.820. The van der Waals surface area contributed by atoms with Crippen LogP contribution >= 0.6 is 15.9 Å². The fourth-order valence-corrected chi connectivity index (χ4v) is 3.45. The summed E-state index contributed by atoms with van der Waals surface area (Å²) in [6, 6.07) is 15.4. The van der Waals surface area contributed by atoms with Crippen LogP contribution in [0.1, 0.15) is 51.0 Å². The highest BCUT2D eigenvalue weighted by molar-refractivity contribution is 9.09. The summed E-state index contributed by atoms with van der Waals surface area (Å²) in [5, 5.41) is 2.76. The fourth-order valence-electron chi connectivity index (χ4n) is 2.78. The van der Waals surface area contributed by atoms with Crippen molar-refractivity contribution >= 4 is 26.7 Å². The van der Waals surface area contributed by atoms with Gasteiger partial charge in [-0.25, -0.2) is 0 Å². The van der Waals surface area contributed by atoms with Gasteiger partial charge in [-0.2, -0.15) is 0 Å². The van der Waals surface area contributed by atoms with E-state index in [0.29, 0.717) is 4.83 Å². The summed E-state index contributed by atoms with van der Waals surface area (Å²) < 4.78 is 0. The zero-order valence-electron chi connectivity index (χ0n) is 12.4. The van der Waals surface area contributed by atoms with Crippen molar-refractivity contribution in [1.82, 2.24) is 0 Å². The van der Waals surface area contributed by atoms with E-state index in [0.717, 1.165) is 6.42 Å². The average molecular weight is 333 g/mol. The molecule has 108 valence electrons. The van der Waals surface area contributed by atoms with E-state index in [1.807, 2.05) is 0 Å². The second-order valence-corrected chi connectivity index (χ2v) is 6.94. The average Bonchev–Trinajstić information content (AvgIpc) is 2.47. The maximum atomic E-state index is 3.87. The van der Waals surface area contributed by atoms with Crippen LogP contribution in [0.4, 0.5) is 0 Å². The minimum Gasteiger partial charge on any atom is -0.0887 e. The number of rotatable bonds is 8. The van der Waals surface area contributed by atoms with E-state index in [1.165, 1.54) is 54.9 Å². The van der Waals surface area contributed by atoms with E-state index in [1.54, 1.807) is 0 Å². The van der Waals surface area contributed by atoms with E-state index < -0.39 is 0 Å². The molecule has 0 aliphatic rings. The lowest BCUT2D eigenvalue weighted by molar-refractivity contribution is 0.599. The first kappa shape index (κ1) is 15.6. The molecule has 0 saturated heterocycles. The SMILES string of the molecule is CCCCCCCC(Br)Cc1cccc2ccccc12. The zero-order chi connectivity index (χ0) is 14.2. The predicted molar refractivity (Wildman–Crippen MR) is 93.7 cm³/mol. The van der Waals surface area contributed by atoms with E-state index in [9.17, 15) is 0 Å². The molecule has 2 aromatic rings. The van der Waals surface area contributed by atoms with Crippen LogP contribution in [0.2, 0.25) is 0 Å². The number of hydrogen-bond donors (Lipinski definition) is 0. The summed E-state index contributed by atoms with van der Waals surface area (Å²) in [4.78, 5) is 0.606. The second kappa shape index (κ2) is 8.46. The van der Waals surface area contributed by atoms with Crippen molar-refractivity contribution in [3.05, 3.63) is 48.0 Å². The summed E-state index contributed by atoms with van der Waals surface area (Å²) in [6.07, 6.45) is 9.25. The molecule has 0 nitrogen and oxygen atoms in total. The maximum absolute atomic E-state index is 3.87. The predicted octanol–water partition coefficient (Wildman–Crippen LogP) is 6.51. The quantitative estimate of drug-likeness (QED) is 0.382. The highest BCUT2D eigenvalue weighted by Crippen LogP contribution is 2.23. The molecule has 0 aromatic heterocycles. The summed E-state index contributed by atoms with van der Waals surface area (Å²) in [6.45, 7) is 2.27. The van der Waals surface area contributed by atoms with Gasteiger partial charge in [0.1, 0.15) is 0 Å². The smallest absolute Gasteiger partial charge is 0.0186 e. The standard InChI is InChI=1S/C19H25Br/c1-2-3-4-5-6-13-18(20)15-17-12-9-11-16-10-7-8-14-19(16)17/h7-12,14,18H,2-6,13,15H2,1H3. The van der Waals surface area contributed by atoms with E-state index in [2.05, 4.69) is 65.3 Å². The maximum Gasteiger partial charge on any atom is 0.0186 e. The molecule has 0 heterocycles. The lowest BCUT2D eigenvalue weighted by atomic mass is 9.99. The van der Waals surface area contributed by atoms with Gasteiger partial charge in [0.25, 0.3) is 0 Å². The van der Waals surface area contributed by atoms with Crippen LogP contribution in [-0.2, 0) is 6.42 Å². The molecule has 2 rings (SSSR count). The van der Waals surface area contributed by atoms with Crippen LogP contribution in [0.5, 0.6) is 0 Å². The van der Waals surface area contributed by atoms with E-state index >= 15 is 0 Å². The summed E-state index contributed by atoms with van der Waals surface area (Å²) in [7, 11) is 0. The molecule has 20 heavy (non-hydrogen) atoms. The molecule has 0 N–H and O–H groups in total. The van der Waals surface area contributed by atoms with Crippen molar-refractivity contribution in [2.24, 2.45) is 0 Å². The van der Waals surface area contributed by atoms with Gasteiger partial charge in [0.05, 0.1) is 0 Å². The molecule has 0 saturated carbocycles. The summed E-state index contributed by atoms with van der Waals surface area (Å²) >= 11 is 3.87. The van der Waals surface area contributed by atoms with Gasteiger partial charge >= 0.3 is 0 Å². The molecule has 1 unspecified atom stereocenters. The molecule has 0 bridgehead atoms. The van der Waals surface area contributed by atoms with E-state index in [4.69, 9.17) is 0 Å². The molecule has 0 aliphatic carbocycles. The summed E-state index contributed by atoms with van der Waals surface area (Å²) in [5.74, 6) is 0. The first-order valence-electron chi connectivity index (χ1n) is 7.92. The Morgan fingerprint density at radius 2 is 1.65 bits per heavy atom. The third-order valence-corrected chi connectivity index (χ3v) is 4.72. The second-order valence-electron chi connectivity index (χ2n) is 5.64. The number of halogens is 1. The minimum atomic E-state index is 0.606. The fraction of sp³-hybridized carbons (Fsp3) is 0.474. The number of alkyl halides is 1. The van der Waals surface area contributed by atoms with E-state index in [-0.39, 0.29) is 0 Å². The first-order chi connectivity index (χ1) is 9.81. The molecule has 0 spiro atoms. The molecular formula is C19H25Br. The van der Waals surface area contributed by atoms with Crippen LogP contribution < -0.4 is 0 Å². The van der Waals surface area contributed by atoms with Crippen molar-refractivity contribution in [1.29, 1.82) is 0 Å². The van der Waals surface area contributed by atoms with Gasteiger partial charge in [-0.3, -0.25) is 0 Å². The van der Waals surface area contributed by atoms with Gasteiger partial charge < -0.3 is 0 Å². The normalized spacial score (nSPS) is 12.7. The Morgan fingerprint density at radius 3 is 2.50 bits per heavy atom. The Kier molecular flexibility index (Phi) is 6.59. The largest absolute Gasteiger partial charge is 0.0887 e. The Morgan fingerprint density at radius 1 is 0.900 bits per heavy atom. The van der Waals surface area contributed by atoms with Gasteiger partial charge in [0, 0.05) is 4.83 Å². The first-order valence-corrected chi connectivity index (χ1v) is 8.83. The lowest BCUT2D eigenvalue weighted by Gasteiger charge is -2.12. The third kappa shape index (κ3) is 4.63. The van der Waals surface area contributed by atoms with Crippen LogP contribution in [0.25, 0.3) is 10.8 Å². The van der Waals surface area contributed by atoms with Crippen molar-refractivity contribution < 1.29 is 0 Å². The molecule has 0 fully saturated rings. The molecule has 0 amide bonds. The zero-order valence-corrected chi connectivity index (χ0v) is 14.0. The lowest BCUT2D eigenvalue weighted by Crippen LogP contribution is -2.03. The number of hydrogen-bond acceptors (Lipinski definition) is 0. The van der Waals surface area contributed by atoms with Crippen molar-refractivity contribution in [3.63, 3.8) is 0 Å². The molecule has 1 heteroatoms. The van der Waals surface area contributed by atoms with Gasteiger partial charge in [-0.1, -0.05) is 97.4 Å². The van der Waals surface area contributed by atoms with Crippen LogP contribution in [0.15, 0.2) is 42.5 Å². The van der Waals surface area contributed by atoms with Crippen LogP contribution in [0, 0.1) is 0 Å². The molecule has 0 aliphatic heterocycles. The van der Waals surface area contributed by atoms with Crippen molar-refractivity contribution in [2.75, 3.05) is 0 Å².